The number of rotatable bonds is 4. The number of allylic oxidation sites excluding steroid dienone is 3. The molecular formula is C13H17NO. The Kier molecular flexibility index (Phi) is 4.64. The van der Waals surface area contributed by atoms with Gasteiger partial charge >= 0.3 is 0 Å². The van der Waals surface area contributed by atoms with Crippen molar-refractivity contribution in [3.8, 4) is 5.75 Å². The second kappa shape index (κ2) is 6.04. The first-order chi connectivity index (χ1) is 7.31. The maximum Gasteiger partial charge on any atom is 0.131 e. The predicted molar refractivity (Wildman–Crippen MR) is 63.5 cm³/mol. The molecule has 2 N–H and O–H groups in total. The number of ether oxygens (including phenoxy) is 1. The maximum absolute atomic E-state index is 5.72. The van der Waals surface area contributed by atoms with Crippen LogP contribution in [0.25, 0.3) is 0 Å². The summed E-state index contributed by atoms with van der Waals surface area (Å²) in [7, 11) is 0. The Labute approximate surface area is 91.1 Å². The third kappa shape index (κ3) is 3.26. The van der Waals surface area contributed by atoms with E-state index in [1.807, 2.05) is 56.3 Å². The Bertz CT molecular complexity index is 367. The minimum atomic E-state index is 0.489. The summed E-state index contributed by atoms with van der Waals surface area (Å²) >= 11 is 0. The molecule has 0 saturated carbocycles. The van der Waals surface area contributed by atoms with Crippen LogP contribution < -0.4 is 10.5 Å². The summed E-state index contributed by atoms with van der Waals surface area (Å²) in [5, 5.41) is 0. The second-order valence-corrected chi connectivity index (χ2v) is 3.10. The van der Waals surface area contributed by atoms with Crippen LogP contribution in [0.4, 0.5) is 0 Å². The van der Waals surface area contributed by atoms with Gasteiger partial charge in [-0.2, -0.15) is 0 Å². The lowest BCUT2D eigenvalue weighted by Gasteiger charge is -2.09. The Morgan fingerprint density at radius 3 is 2.67 bits per heavy atom. The molecule has 2 heteroatoms. The summed E-state index contributed by atoms with van der Waals surface area (Å²) < 4.78 is 5.72. The van der Waals surface area contributed by atoms with Crippen molar-refractivity contribution in [3.63, 3.8) is 0 Å². The first-order valence-corrected chi connectivity index (χ1v) is 5.06. The van der Waals surface area contributed by atoms with Gasteiger partial charge in [-0.15, -0.1) is 0 Å². The molecule has 0 amide bonds. The highest BCUT2D eigenvalue weighted by atomic mass is 16.5. The third-order valence-electron chi connectivity index (χ3n) is 2.04. The van der Waals surface area contributed by atoms with Crippen molar-refractivity contribution in [2.45, 2.75) is 20.4 Å². The van der Waals surface area contributed by atoms with Crippen molar-refractivity contribution >= 4 is 0 Å². The van der Waals surface area contributed by atoms with Gasteiger partial charge in [0.25, 0.3) is 0 Å². The number of hydrogen-bond donors (Lipinski definition) is 1. The standard InChI is InChI=1S/C13H17NO/c1-3-7-12(4-2)15-13-9-6-5-8-11(13)10-14/h3-9H,10,14H2,1-2H3/b7-3-,12-4+. The van der Waals surface area contributed by atoms with Gasteiger partial charge in [0.15, 0.2) is 0 Å². The average Bonchev–Trinajstić information content (AvgIpc) is 2.29. The summed E-state index contributed by atoms with van der Waals surface area (Å²) in [6.07, 6.45) is 5.79. The highest BCUT2D eigenvalue weighted by Crippen LogP contribution is 2.20. The highest BCUT2D eigenvalue weighted by Gasteiger charge is 2.01. The molecular weight excluding hydrogens is 186 g/mol. The van der Waals surface area contributed by atoms with Crippen LogP contribution in [0, 0.1) is 0 Å². The summed E-state index contributed by atoms with van der Waals surface area (Å²) in [6.45, 7) is 4.39. The molecule has 0 atom stereocenters. The Hall–Kier alpha value is -1.54. The van der Waals surface area contributed by atoms with Crippen molar-refractivity contribution in [1.82, 2.24) is 0 Å². The maximum atomic E-state index is 5.72. The molecule has 80 valence electrons. The Morgan fingerprint density at radius 2 is 2.07 bits per heavy atom. The molecule has 1 rings (SSSR count). The van der Waals surface area contributed by atoms with E-state index in [-0.39, 0.29) is 0 Å². The van der Waals surface area contributed by atoms with E-state index in [1.54, 1.807) is 0 Å². The van der Waals surface area contributed by atoms with Crippen molar-refractivity contribution in [2.24, 2.45) is 5.73 Å². The SMILES string of the molecule is C/C=C\C(=C/C)Oc1ccccc1CN. The summed E-state index contributed by atoms with van der Waals surface area (Å²) in [4.78, 5) is 0. The minimum absolute atomic E-state index is 0.489. The van der Waals surface area contributed by atoms with Crippen LogP contribution in [0.1, 0.15) is 19.4 Å². The summed E-state index contributed by atoms with van der Waals surface area (Å²) in [6, 6.07) is 7.80. The van der Waals surface area contributed by atoms with E-state index in [0.717, 1.165) is 17.1 Å². The molecule has 0 aromatic heterocycles. The van der Waals surface area contributed by atoms with E-state index in [0.29, 0.717) is 6.54 Å². The van der Waals surface area contributed by atoms with Gasteiger partial charge < -0.3 is 10.5 Å². The average molecular weight is 203 g/mol. The zero-order chi connectivity index (χ0) is 11.1. The van der Waals surface area contributed by atoms with Gasteiger partial charge in [-0.05, 0) is 32.1 Å². The fraction of sp³-hybridized carbons (Fsp3) is 0.231. The van der Waals surface area contributed by atoms with Gasteiger partial charge in [-0.3, -0.25) is 0 Å². The molecule has 0 saturated heterocycles. The Balaban J connectivity index is 2.88. The molecule has 0 aliphatic heterocycles. The fourth-order valence-corrected chi connectivity index (χ4v) is 1.25. The summed E-state index contributed by atoms with van der Waals surface area (Å²) in [5.41, 5.74) is 6.64. The van der Waals surface area contributed by atoms with Crippen LogP contribution in [0.5, 0.6) is 5.75 Å². The van der Waals surface area contributed by atoms with E-state index in [1.165, 1.54) is 0 Å². The number of benzene rings is 1. The lowest BCUT2D eigenvalue weighted by atomic mass is 10.2. The highest BCUT2D eigenvalue weighted by molar-refractivity contribution is 5.35. The second-order valence-electron chi connectivity index (χ2n) is 3.10. The quantitative estimate of drug-likeness (QED) is 0.603. The number of hydrogen-bond acceptors (Lipinski definition) is 2. The predicted octanol–water partition coefficient (Wildman–Crippen LogP) is 3.00. The molecule has 1 aromatic rings. The molecule has 0 bridgehead atoms. The van der Waals surface area contributed by atoms with Crippen molar-refractivity contribution in [3.05, 3.63) is 53.8 Å². The van der Waals surface area contributed by atoms with E-state index >= 15 is 0 Å². The van der Waals surface area contributed by atoms with E-state index in [4.69, 9.17) is 10.5 Å². The van der Waals surface area contributed by atoms with Crippen LogP contribution in [0.2, 0.25) is 0 Å². The van der Waals surface area contributed by atoms with Crippen molar-refractivity contribution in [2.75, 3.05) is 0 Å². The minimum Gasteiger partial charge on any atom is -0.457 e. The first-order valence-electron chi connectivity index (χ1n) is 5.06. The zero-order valence-electron chi connectivity index (χ0n) is 9.23. The monoisotopic (exact) mass is 203 g/mol. The molecule has 15 heavy (non-hydrogen) atoms. The molecule has 0 fully saturated rings. The lowest BCUT2D eigenvalue weighted by molar-refractivity contribution is 0.438. The van der Waals surface area contributed by atoms with Gasteiger partial charge in [0.1, 0.15) is 11.5 Å². The van der Waals surface area contributed by atoms with E-state index in [2.05, 4.69) is 0 Å². The molecule has 2 nitrogen and oxygen atoms in total. The Morgan fingerprint density at radius 1 is 1.33 bits per heavy atom. The topological polar surface area (TPSA) is 35.2 Å². The number of nitrogens with two attached hydrogens (primary N) is 1. The third-order valence-corrected chi connectivity index (χ3v) is 2.04. The zero-order valence-corrected chi connectivity index (χ0v) is 9.23. The largest absolute Gasteiger partial charge is 0.457 e. The molecule has 0 radical (unpaired) electrons. The van der Waals surface area contributed by atoms with Crippen LogP contribution in [-0.2, 0) is 6.54 Å². The van der Waals surface area contributed by atoms with Crippen molar-refractivity contribution < 1.29 is 4.74 Å². The van der Waals surface area contributed by atoms with Gasteiger partial charge in [-0.1, -0.05) is 24.3 Å². The molecule has 0 unspecified atom stereocenters. The molecule has 1 aromatic carbocycles. The van der Waals surface area contributed by atoms with Crippen LogP contribution in [-0.4, -0.2) is 0 Å². The fourth-order valence-electron chi connectivity index (χ4n) is 1.25. The van der Waals surface area contributed by atoms with E-state index in [9.17, 15) is 0 Å². The van der Waals surface area contributed by atoms with Gasteiger partial charge in [0.05, 0.1) is 0 Å². The number of para-hydroxylation sites is 1. The van der Waals surface area contributed by atoms with Crippen LogP contribution in [0.15, 0.2) is 48.3 Å². The smallest absolute Gasteiger partial charge is 0.131 e. The van der Waals surface area contributed by atoms with Crippen LogP contribution in [0.3, 0.4) is 0 Å². The summed E-state index contributed by atoms with van der Waals surface area (Å²) in [5.74, 6) is 1.66. The van der Waals surface area contributed by atoms with E-state index < -0.39 is 0 Å². The van der Waals surface area contributed by atoms with Gasteiger partial charge in [-0.25, -0.2) is 0 Å². The van der Waals surface area contributed by atoms with Crippen LogP contribution >= 0.6 is 0 Å². The van der Waals surface area contributed by atoms with Crippen molar-refractivity contribution in [1.29, 1.82) is 0 Å². The van der Waals surface area contributed by atoms with Gasteiger partial charge in [0, 0.05) is 12.1 Å². The molecule has 0 spiro atoms. The lowest BCUT2D eigenvalue weighted by Crippen LogP contribution is -2.01. The first kappa shape index (κ1) is 11.5. The molecule has 0 aliphatic carbocycles. The molecule has 0 heterocycles. The normalized spacial score (nSPS) is 12.1. The van der Waals surface area contributed by atoms with Gasteiger partial charge in [0.2, 0.25) is 0 Å². The molecule has 0 aliphatic rings.